The molecule has 0 fully saturated rings. The predicted octanol–water partition coefficient (Wildman–Crippen LogP) is 4.22. The number of nitrogens with zero attached hydrogens (tertiary/aromatic N) is 1. The van der Waals surface area contributed by atoms with Gasteiger partial charge in [0, 0.05) is 24.5 Å². The molecule has 1 N–H and O–H groups in total. The molecule has 0 aliphatic heterocycles. The second kappa shape index (κ2) is 6.59. The molecule has 0 aliphatic carbocycles. The molecule has 3 nitrogen and oxygen atoms in total. The zero-order valence-electron chi connectivity index (χ0n) is 13.3. The molecule has 1 amide bonds. The Morgan fingerprint density at radius 1 is 1.17 bits per heavy atom. The Kier molecular flexibility index (Phi) is 4.53. The van der Waals surface area contributed by atoms with E-state index in [0.717, 1.165) is 21.8 Å². The van der Waals surface area contributed by atoms with E-state index in [-0.39, 0.29) is 5.91 Å². The van der Waals surface area contributed by atoms with E-state index < -0.39 is 0 Å². The first-order valence-electron chi connectivity index (χ1n) is 7.64. The van der Waals surface area contributed by atoms with Crippen LogP contribution in [-0.2, 0) is 13.5 Å². The van der Waals surface area contributed by atoms with Crippen molar-refractivity contribution < 1.29 is 4.79 Å². The van der Waals surface area contributed by atoms with E-state index >= 15 is 0 Å². The van der Waals surface area contributed by atoms with Gasteiger partial charge < -0.3 is 9.88 Å². The van der Waals surface area contributed by atoms with Crippen molar-refractivity contribution in [3.05, 3.63) is 69.8 Å². The summed E-state index contributed by atoms with van der Waals surface area (Å²) in [5.74, 6) is -0.0526. The minimum absolute atomic E-state index is 0.0526. The number of hydrogen-bond acceptors (Lipinski definition) is 1. The molecule has 0 saturated carbocycles. The fourth-order valence-electron chi connectivity index (χ4n) is 2.87. The summed E-state index contributed by atoms with van der Waals surface area (Å²) in [6.07, 6.45) is 0.828. The summed E-state index contributed by atoms with van der Waals surface area (Å²) in [5, 5.41) is 4.07. The smallest absolute Gasteiger partial charge is 0.269 e. The molecule has 0 unspecified atom stereocenters. The third-order valence-corrected chi connectivity index (χ3v) is 4.84. The number of para-hydroxylation sites is 1. The Morgan fingerprint density at radius 3 is 2.70 bits per heavy atom. The number of halogens is 1. The molecule has 0 spiro atoms. The van der Waals surface area contributed by atoms with Crippen molar-refractivity contribution in [1.29, 1.82) is 0 Å². The van der Waals surface area contributed by atoms with Crippen LogP contribution in [0.2, 0.25) is 0 Å². The molecule has 3 aromatic rings. The number of carbonyl (C=O) groups excluding carboxylic acids is 1. The molecular weight excluding hydrogens is 352 g/mol. The maximum Gasteiger partial charge on any atom is 0.269 e. The molecule has 0 atom stereocenters. The number of fused-ring (bicyclic) bond motifs is 1. The van der Waals surface area contributed by atoms with Gasteiger partial charge in [-0.2, -0.15) is 0 Å². The van der Waals surface area contributed by atoms with Gasteiger partial charge >= 0.3 is 0 Å². The van der Waals surface area contributed by atoms with E-state index in [4.69, 9.17) is 0 Å². The van der Waals surface area contributed by atoms with Crippen LogP contribution in [0.3, 0.4) is 0 Å². The largest absolute Gasteiger partial charge is 0.350 e. The van der Waals surface area contributed by atoms with E-state index in [9.17, 15) is 4.79 Å². The summed E-state index contributed by atoms with van der Waals surface area (Å²) < 4.78 is 2.78. The van der Waals surface area contributed by atoms with Gasteiger partial charge in [0.2, 0.25) is 0 Å². The third kappa shape index (κ3) is 3.17. The van der Waals surface area contributed by atoms with Crippen LogP contribution in [0.5, 0.6) is 0 Å². The molecular formula is C19H19BrN2O. The van der Waals surface area contributed by atoms with Crippen LogP contribution < -0.4 is 5.32 Å². The van der Waals surface area contributed by atoms with Gasteiger partial charge in [-0.1, -0.05) is 48.0 Å². The second-order valence-corrected chi connectivity index (χ2v) is 6.53. The first-order chi connectivity index (χ1) is 11.1. The molecule has 3 rings (SSSR count). The van der Waals surface area contributed by atoms with E-state index in [2.05, 4.69) is 46.4 Å². The van der Waals surface area contributed by atoms with Crippen LogP contribution in [0, 0.1) is 6.92 Å². The first kappa shape index (κ1) is 15.8. The summed E-state index contributed by atoms with van der Waals surface area (Å²) in [6, 6.07) is 16.4. The van der Waals surface area contributed by atoms with E-state index in [1.165, 1.54) is 11.1 Å². The summed E-state index contributed by atoms with van der Waals surface area (Å²) >= 11 is 3.57. The zero-order valence-corrected chi connectivity index (χ0v) is 14.9. The van der Waals surface area contributed by atoms with Crippen LogP contribution in [0.25, 0.3) is 10.9 Å². The van der Waals surface area contributed by atoms with Crippen LogP contribution in [0.1, 0.15) is 21.6 Å². The van der Waals surface area contributed by atoms with Gasteiger partial charge in [0.1, 0.15) is 5.69 Å². The van der Waals surface area contributed by atoms with Crippen molar-refractivity contribution in [2.24, 2.45) is 7.05 Å². The lowest BCUT2D eigenvalue weighted by Gasteiger charge is -2.08. The highest BCUT2D eigenvalue weighted by molar-refractivity contribution is 9.10. The number of aryl methyl sites for hydroxylation is 2. The van der Waals surface area contributed by atoms with Crippen LogP contribution in [0.4, 0.5) is 0 Å². The van der Waals surface area contributed by atoms with Gasteiger partial charge in [-0.05, 0) is 40.9 Å². The Hall–Kier alpha value is -2.07. The SMILES string of the molecule is Cc1cccc(CCNC(=O)c2c(Br)c3ccccc3n2C)c1. The van der Waals surface area contributed by atoms with Crippen molar-refractivity contribution in [3.63, 3.8) is 0 Å². The van der Waals surface area contributed by atoms with E-state index in [1.807, 2.05) is 41.9 Å². The summed E-state index contributed by atoms with van der Waals surface area (Å²) in [6.45, 7) is 2.70. The van der Waals surface area contributed by atoms with Crippen molar-refractivity contribution in [3.8, 4) is 0 Å². The van der Waals surface area contributed by atoms with Gasteiger partial charge in [0.05, 0.1) is 4.47 Å². The van der Waals surface area contributed by atoms with Crippen molar-refractivity contribution >= 4 is 32.7 Å². The number of hydrogen-bond donors (Lipinski definition) is 1. The predicted molar refractivity (Wildman–Crippen MR) is 97.8 cm³/mol. The number of carbonyl (C=O) groups is 1. The quantitative estimate of drug-likeness (QED) is 0.732. The molecule has 0 radical (unpaired) electrons. The molecule has 23 heavy (non-hydrogen) atoms. The summed E-state index contributed by atoms with van der Waals surface area (Å²) in [7, 11) is 1.92. The third-order valence-electron chi connectivity index (χ3n) is 4.04. The number of aromatic nitrogens is 1. The maximum absolute atomic E-state index is 12.6. The molecule has 4 heteroatoms. The van der Waals surface area contributed by atoms with Crippen molar-refractivity contribution in [1.82, 2.24) is 9.88 Å². The molecule has 0 aliphatic rings. The number of rotatable bonds is 4. The summed E-state index contributed by atoms with van der Waals surface area (Å²) in [4.78, 5) is 12.6. The molecule has 0 bridgehead atoms. The molecule has 1 heterocycles. The van der Waals surface area contributed by atoms with Crippen LogP contribution in [0.15, 0.2) is 53.0 Å². The van der Waals surface area contributed by atoms with Gasteiger partial charge in [0.25, 0.3) is 5.91 Å². The van der Waals surface area contributed by atoms with Crippen molar-refractivity contribution in [2.45, 2.75) is 13.3 Å². The Morgan fingerprint density at radius 2 is 1.96 bits per heavy atom. The molecule has 118 valence electrons. The van der Waals surface area contributed by atoms with E-state index in [0.29, 0.717) is 12.2 Å². The minimum atomic E-state index is -0.0526. The highest BCUT2D eigenvalue weighted by Gasteiger charge is 2.18. The lowest BCUT2D eigenvalue weighted by atomic mass is 10.1. The normalized spacial score (nSPS) is 10.9. The van der Waals surface area contributed by atoms with Gasteiger partial charge in [-0.3, -0.25) is 4.79 Å². The molecule has 0 saturated heterocycles. The van der Waals surface area contributed by atoms with Crippen molar-refractivity contribution in [2.75, 3.05) is 6.54 Å². The summed E-state index contributed by atoms with van der Waals surface area (Å²) in [5.41, 5.74) is 4.19. The van der Waals surface area contributed by atoms with Crippen LogP contribution >= 0.6 is 15.9 Å². The first-order valence-corrected chi connectivity index (χ1v) is 8.44. The topological polar surface area (TPSA) is 34.0 Å². The number of nitrogens with one attached hydrogen (secondary N) is 1. The van der Waals surface area contributed by atoms with Gasteiger partial charge in [-0.15, -0.1) is 0 Å². The van der Waals surface area contributed by atoms with Gasteiger partial charge in [0.15, 0.2) is 0 Å². The lowest BCUT2D eigenvalue weighted by Crippen LogP contribution is -2.27. The maximum atomic E-state index is 12.6. The molecule has 1 aromatic heterocycles. The van der Waals surface area contributed by atoms with Crippen LogP contribution in [-0.4, -0.2) is 17.0 Å². The Labute approximate surface area is 144 Å². The number of benzene rings is 2. The lowest BCUT2D eigenvalue weighted by molar-refractivity contribution is 0.0945. The minimum Gasteiger partial charge on any atom is -0.350 e. The second-order valence-electron chi connectivity index (χ2n) is 5.73. The average Bonchev–Trinajstić information content (AvgIpc) is 2.79. The average molecular weight is 371 g/mol. The van der Waals surface area contributed by atoms with E-state index in [1.54, 1.807) is 0 Å². The zero-order chi connectivity index (χ0) is 16.4. The fourth-order valence-corrected chi connectivity index (χ4v) is 3.65. The molecule has 2 aromatic carbocycles. The highest BCUT2D eigenvalue weighted by Crippen LogP contribution is 2.30. The Balaban J connectivity index is 1.74. The Bertz CT molecular complexity index is 828. The standard InChI is InChI=1S/C19H19BrN2O/c1-13-6-5-7-14(12-13)10-11-21-19(23)18-17(20)15-8-3-4-9-16(15)22(18)2/h3-9,12H,10-11H2,1-2H3,(H,21,23). The monoisotopic (exact) mass is 370 g/mol. The van der Waals surface area contributed by atoms with Gasteiger partial charge in [-0.25, -0.2) is 0 Å². The highest BCUT2D eigenvalue weighted by atomic mass is 79.9. The number of amides is 1. The fraction of sp³-hybridized carbons (Fsp3) is 0.211.